The molecule has 0 saturated carbocycles. The maximum atomic E-state index is 11.6. The van der Waals surface area contributed by atoms with Gasteiger partial charge in [0.25, 0.3) is 0 Å². The lowest BCUT2D eigenvalue weighted by molar-refractivity contribution is -0.155. The molecule has 0 saturated heterocycles. The molecule has 1 atom stereocenters. The van der Waals surface area contributed by atoms with Gasteiger partial charge in [-0.1, -0.05) is 11.6 Å². The van der Waals surface area contributed by atoms with Gasteiger partial charge in [0.05, 0.1) is 12.2 Å². The number of carboxylic acid groups (broad SMARTS) is 1. The molecule has 1 aromatic carbocycles. The van der Waals surface area contributed by atoms with Crippen LogP contribution >= 0.6 is 34.2 Å². The Hall–Kier alpha value is -1.06. The molecule has 0 fully saturated rings. The summed E-state index contributed by atoms with van der Waals surface area (Å²) in [4.78, 5) is 22.2. The van der Waals surface area contributed by atoms with E-state index in [-0.39, 0.29) is 0 Å². The van der Waals surface area contributed by atoms with Gasteiger partial charge >= 0.3 is 12.0 Å². The van der Waals surface area contributed by atoms with Gasteiger partial charge in [-0.15, -0.1) is 0 Å². The van der Waals surface area contributed by atoms with Crippen molar-refractivity contribution >= 4 is 51.9 Å². The molecule has 19 heavy (non-hydrogen) atoms. The number of aliphatic hydroxyl groups is 1. The predicted octanol–water partition coefficient (Wildman–Crippen LogP) is 1.90. The molecule has 0 aromatic heterocycles. The molecule has 4 N–H and O–H groups in total. The van der Waals surface area contributed by atoms with Crippen molar-refractivity contribution in [2.45, 2.75) is 12.5 Å². The summed E-state index contributed by atoms with van der Waals surface area (Å²) in [7, 11) is 0. The molecule has 0 radical (unpaired) electrons. The molecule has 104 valence electrons. The van der Waals surface area contributed by atoms with E-state index < -0.39 is 24.1 Å². The number of hydrogen-bond donors (Lipinski definition) is 4. The first kappa shape index (κ1) is 16.0. The van der Waals surface area contributed by atoms with Gasteiger partial charge in [0.2, 0.25) is 0 Å². The fourth-order valence-electron chi connectivity index (χ4n) is 1.09. The number of rotatable bonds is 4. The summed E-state index contributed by atoms with van der Waals surface area (Å²) in [5.74, 6) is -1.41. The van der Waals surface area contributed by atoms with E-state index in [0.717, 1.165) is 10.5 Å². The Bertz CT molecular complexity index is 507. The fourth-order valence-corrected chi connectivity index (χ4v) is 2.09. The van der Waals surface area contributed by atoms with Gasteiger partial charge in [-0.3, -0.25) is 0 Å². The lowest BCUT2D eigenvalue weighted by atomic mass is 10.1. The van der Waals surface area contributed by atoms with Crippen LogP contribution < -0.4 is 10.6 Å². The topological polar surface area (TPSA) is 98.7 Å². The Morgan fingerprint density at radius 3 is 2.63 bits per heavy atom. The van der Waals surface area contributed by atoms with Crippen molar-refractivity contribution in [3.63, 3.8) is 0 Å². The highest BCUT2D eigenvalue weighted by atomic mass is 127. The molecule has 0 heterocycles. The summed E-state index contributed by atoms with van der Waals surface area (Å²) in [5, 5.41) is 23.5. The quantitative estimate of drug-likeness (QED) is 0.582. The molecule has 0 spiro atoms. The van der Waals surface area contributed by atoms with Crippen LogP contribution in [-0.2, 0) is 4.79 Å². The molecule has 8 heteroatoms. The van der Waals surface area contributed by atoms with Gasteiger partial charge in [0, 0.05) is 8.59 Å². The summed E-state index contributed by atoms with van der Waals surface area (Å²) >= 11 is 7.78. The third-order valence-electron chi connectivity index (χ3n) is 2.23. The summed E-state index contributed by atoms with van der Waals surface area (Å²) in [6.45, 7) is 0.694. The lowest BCUT2D eigenvalue weighted by Crippen LogP contribution is -2.47. The molecule has 1 unspecified atom stereocenters. The predicted molar refractivity (Wildman–Crippen MR) is 79.5 cm³/mol. The Labute approximate surface area is 128 Å². The van der Waals surface area contributed by atoms with E-state index >= 15 is 0 Å². The van der Waals surface area contributed by atoms with Crippen LogP contribution in [-0.4, -0.2) is 34.4 Å². The second-order valence-electron chi connectivity index (χ2n) is 4.01. The van der Waals surface area contributed by atoms with Crippen molar-refractivity contribution < 1.29 is 19.8 Å². The van der Waals surface area contributed by atoms with Crippen LogP contribution in [0.3, 0.4) is 0 Å². The summed E-state index contributed by atoms with van der Waals surface area (Å²) in [6.07, 6.45) is 0. The Balaban J connectivity index is 2.59. The van der Waals surface area contributed by atoms with Gasteiger partial charge in [0.15, 0.2) is 5.60 Å². The van der Waals surface area contributed by atoms with E-state index in [1.54, 1.807) is 18.2 Å². The molecule has 2 amide bonds. The van der Waals surface area contributed by atoms with Crippen molar-refractivity contribution in [2.75, 3.05) is 11.9 Å². The van der Waals surface area contributed by atoms with Crippen LogP contribution in [0.2, 0.25) is 5.02 Å². The Morgan fingerprint density at radius 1 is 1.47 bits per heavy atom. The largest absolute Gasteiger partial charge is 0.479 e. The highest BCUT2D eigenvalue weighted by molar-refractivity contribution is 14.1. The maximum absolute atomic E-state index is 11.6. The number of urea groups is 1. The van der Waals surface area contributed by atoms with Crippen LogP contribution in [0.4, 0.5) is 10.5 Å². The summed E-state index contributed by atoms with van der Waals surface area (Å²) in [5.41, 5.74) is -1.47. The minimum Gasteiger partial charge on any atom is -0.479 e. The number of nitrogens with one attached hydrogen (secondary N) is 2. The lowest BCUT2D eigenvalue weighted by Gasteiger charge is -2.18. The Kier molecular flexibility index (Phi) is 5.39. The number of anilines is 1. The minimum atomic E-state index is -2.01. The van der Waals surface area contributed by atoms with Gasteiger partial charge in [-0.25, -0.2) is 9.59 Å². The van der Waals surface area contributed by atoms with Gasteiger partial charge in [0.1, 0.15) is 0 Å². The number of carboxylic acids is 1. The van der Waals surface area contributed by atoms with Crippen molar-refractivity contribution in [3.05, 3.63) is 26.8 Å². The highest BCUT2D eigenvalue weighted by Crippen LogP contribution is 2.22. The first-order valence-corrected chi connectivity index (χ1v) is 6.64. The van der Waals surface area contributed by atoms with E-state index in [1.807, 2.05) is 22.6 Å². The molecule has 0 aliphatic heterocycles. The van der Waals surface area contributed by atoms with Crippen molar-refractivity contribution in [3.8, 4) is 0 Å². The number of hydrogen-bond acceptors (Lipinski definition) is 3. The van der Waals surface area contributed by atoms with E-state index in [1.165, 1.54) is 0 Å². The summed E-state index contributed by atoms with van der Waals surface area (Å²) < 4.78 is 0.741. The third kappa shape index (κ3) is 4.84. The molecule has 0 aliphatic carbocycles. The average Bonchev–Trinajstić information content (AvgIpc) is 2.30. The second kappa shape index (κ2) is 6.40. The van der Waals surface area contributed by atoms with Crippen molar-refractivity contribution in [2.24, 2.45) is 0 Å². The SMILES string of the molecule is CC(O)(CNC(=O)Nc1ccc(Cl)cc1I)C(=O)O. The van der Waals surface area contributed by atoms with Crippen LogP contribution in [0, 0.1) is 3.57 Å². The first-order valence-electron chi connectivity index (χ1n) is 5.18. The number of benzene rings is 1. The summed E-state index contributed by atoms with van der Waals surface area (Å²) in [6, 6.07) is 4.30. The smallest absolute Gasteiger partial charge is 0.337 e. The van der Waals surface area contributed by atoms with Crippen LogP contribution in [0.1, 0.15) is 6.92 Å². The second-order valence-corrected chi connectivity index (χ2v) is 5.61. The minimum absolute atomic E-state index is 0.404. The van der Waals surface area contributed by atoms with Crippen LogP contribution in [0.5, 0.6) is 0 Å². The van der Waals surface area contributed by atoms with Crippen LogP contribution in [0.25, 0.3) is 0 Å². The highest BCUT2D eigenvalue weighted by Gasteiger charge is 2.30. The fraction of sp³-hybridized carbons (Fsp3) is 0.273. The number of aliphatic carboxylic acids is 1. The Morgan fingerprint density at radius 2 is 2.11 bits per heavy atom. The number of carbonyl (C=O) groups excluding carboxylic acids is 1. The maximum Gasteiger partial charge on any atom is 0.337 e. The molecule has 6 nitrogen and oxygen atoms in total. The monoisotopic (exact) mass is 398 g/mol. The molecule has 0 bridgehead atoms. The zero-order valence-electron chi connectivity index (χ0n) is 9.91. The molecular weight excluding hydrogens is 386 g/mol. The average molecular weight is 399 g/mol. The molecular formula is C11H12ClIN2O4. The van der Waals surface area contributed by atoms with Crippen LogP contribution in [0.15, 0.2) is 18.2 Å². The molecule has 1 rings (SSSR count). The van der Waals surface area contributed by atoms with Gasteiger partial charge in [-0.2, -0.15) is 0 Å². The van der Waals surface area contributed by atoms with E-state index in [4.69, 9.17) is 16.7 Å². The zero-order valence-corrected chi connectivity index (χ0v) is 12.8. The van der Waals surface area contributed by atoms with E-state index in [0.29, 0.717) is 10.7 Å². The zero-order chi connectivity index (χ0) is 14.6. The third-order valence-corrected chi connectivity index (χ3v) is 3.36. The molecule has 1 aromatic rings. The molecule has 0 aliphatic rings. The van der Waals surface area contributed by atoms with Gasteiger partial charge < -0.3 is 20.8 Å². The normalized spacial score (nSPS) is 13.5. The van der Waals surface area contributed by atoms with E-state index in [2.05, 4.69) is 10.6 Å². The number of halogens is 2. The van der Waals surface area contributed by atoms with Crippen molar-refractivity contribution in [1.82, 2.24) is 5.32 Å². The van der Waals surface area contributed by atoms with Crippen molar-refractivity contribution in [1.29, 1.82) is 0 Å². The van der Waals surface area contributed by atoms with E-state index in [9.17, 15) is 14.7 Å². The number of carbonyl (C=O) groups is 2. The standard InChI is InChI=1S/C11H12ClIN2O4/c1-11(19,9(16)17)5-14-10(18)15-8-3-2-6(12)4-7(8)13/h2-4,19H,5H2,1H3,(H,16,17)(H2,14,15,18). The van der Waals surface area contributed by atoms with Gasteiger partial charge in [-0.05, 0) is 47.7 Å². The number of amides is 2. The first-order chi connectivity index (χ1) is 8.72.